The molecule has 0 aliphatic carbocycles. The van der Waals surface area contributed by atoms with Crippen LogP contribution in [0.15, 0.2) is 4.99 Å². The van der Waals surface area contributed by atoms with Crippen molar-refractivity contribution in [1.82, 2.24) is 15.5 Å². The summed E-state index contributed by atoms with van der Waals surface area (Å²) in [6.45, 7) is 10.4. The van der Waals surface area contributed by atoms with Crippen molar-refractivity contribution in [1.29, 1.82) is 0 Å². The van der Waals surface area contributed by atoms with Gasteiger partial charge in [-0.25, -0.2) is 0 Å². The van der Waals surface area contributed by atoms with Gasteiger partial charge in [0.2, 0.25) is 5.91 Å². The highest BCUT2D eigenvalue weighted by Gasteiger charge is 2.21. The van der Waals surface area contributed by atoms with Crippen LogP contribution >= 0.6 is 0 Å². The summed E-state index contributed by atoms with van der Waals surface area (Å²) < 4.78 is 5.66. The fourth-order valence-electron chi connectivity index (χ4n) is 2.29. The summed E-state index contributed by atoms with van der Waals surface area (Å²) in [5.41, 5.74) is 0. The molecule has 1 saturated heterocycles. The van der Waals surface area contributed by atoms with Crippen LogP contribution in [0.1, 0.15) is 33.6 Å². The second-order valence-electron chi connectivity index (χ2n) is 4.86. The Kier molecular flexibility index (Phi) is 8.02. The number of hydrogen-bond acceptors (Lipinski definition) is 3. The summed E-state index contributed by atoms with van der Waals surface area (Å²) in [5.74, 6) is 0.926. The molecule has 6 heteroatoms. The van der Waals surface area contributed by atoms with Gasteiger partial charge in [-0.3, -0.25) is 9.79 Å². The first kappa shape index (κ1) is 16.8. The predicted molar refractivity (Wildman–Crippen MR) is 80.9 cm³/mol. The summed E-state index contributed by atoms with van der Waals surface area (Å²) in [7, 11) is 0. The van der Waals surface area contributed by atoms with Crippen LogP contribution in [0.3, 0.4) is 0 Å². The van der Waals surface area contributed by atoms with Gasteiger partial charge in [0.1, 0.15) is 0 Å². The highest BCUT2D eigenvalue weighted by molar-refractivity contribution is 5.80. The second kappa shape index (κ2) is 9.58. The predicted octanol–water partition coefficient (Wildman–Crippen LogP) is 0.589. The van der Waals surface area contributed by atoms with Gasteiger partial charge in [0.25, 0.3) is 0 Å². The lowest BCUT2D eigenvalue weighted by Crippen LogP contribution is -2.47. The Balaban J connectivity index is 2.41. The number of hydrogen-bond donors (Lipinski definition) is 2. The van der Waals surface area contributed by atoms with E-state index in [2.05, 4.69) is 27.4 Å². The van der Waals surface area contributed by atoms with E-state index in [0.717, 1.165) is 45.0 Å². The van der Waals surface area contributed by atoms with Gasteiger partial charge < -0.3 is 20.3 Å². The smallest absolute Gasteiger partial charge is 0.216 e. The Bertz CT molecular complexity index is 312. The first-order chi connectivity index (χ1) is 9.67. The minimum atomic E-state index is -0.0114. The van der Waals surface area contributed by atoms with Crippen LogP contribution in [-0.4, -0.2) is 62.2 Å². The van der Waals surface area contributed by atoms with Crippen molar-refractivity contribution in [2.45, 2.75) is 39.7 Å². The topological polar surface area (TPSA) is 66.0 Å². The Morgan fingerprint density at radius 1 is 1.30 bits per heavy atom. The van der Waals surface area contributed by atoms with Crippen molar-refractivity contribution in [3.63, 3.8) is 0 Å². The number of piperidine rings is 1. The Hall–Kier alpha value is -1.30. The maximum absolute atomic E-state index is 10.8. The fourth-order valence-corrected chi connectivity index (χ4v) is 2.29. The second-order valence-corrected chi connectivity index (χ2v) is 4.86. The van der Waals surface area contributed by atoms with Crippen LogP contribution in [0.5, 0.6) is 0 Å². The highest BCUT2D eigenvalue weighted by Crippen LogP contribution is 2.13. The molecule has 1 amide bonds. The summed E-state index contributed by atoms with van der Waals surface area (Å²) in [4.78, 5) is 17.6. The van der Waals surface area contributed by atoms with Crippen molar-refractivity contribution in [2.24, 2.45) is 4.99 Å². The standard InChI is InChI=1S/C14H28N4O2/c1-4-15-14(17-9-8-16-12(3)19)18-10-6-13(7-11-18)20-5-2/h13H,4-11H2,1-3H3,(H,15,17)(H,16,19). The maximum Gasteiger partial charge on any atom is 0.216 e. The lowest BCUT2D eigenvalue weighted by Gasteiger charge is -2.34. The molecule has 0 saturated carbocycles. The minimum Gasteiger partial charge on any atom is -0.378 e. The molecule has 0 unspecified atom stereocenters. The molecule has 20 heavy (non-hydrogen) atoms. The van der Waals surface area contributed by atoms with Crippen molar-refractivity contribution in [3.8, 4) is 0 Å². The van der Waals surface area contributed by atoms with Crippen LogP contribution in [0.4, 0.5) is 0 Å². The zero-order valence-corrected chi connectivity index (χ0v) is 12.9. The molecule has 0 aromatic carbocycles. The molecule has 0 atom stereocenters. The van der Waals surface area contributed by atoms with Crippen LogP contribution < -0.4 is 10.6 Å². The van der Waals surface area contributed by atoms with E-state index >= 15 is 0 Å². The summed E-state index contributed by atoms with van der Waals surface area (Å²) in [5, 5.41) is 6.07. The quantitative estimate of drug-likeness (QED) is 0.426. The number of likely N-dealkylation sites (tertiary alicyclic amines) is 1. The van der Waals surface area contributed by atoms with Gasteiger partial charge in [-0.15, -0.1) is 0 Å². The summed E-state index contributed by atoms with van der Waals surface area (Å²) >= 11 is 0. The largest absolute Gasteiger partial charge is 0.378 e. The fraction of sp³-hybridized carbons (Fsp3) is 0.857. The summed E-state index contributed by atoms with van der Waals surface area (Å²) in [6, 6.07) is 0. The molecule has 0 aromatic rings. The van der Waals surface area contributed by atoms with E-state index in [9.17, 15) is 4.79 Å². The van der Waals surface area contributed by atoms with E-state index in [1.807, 2.05) is 6.92 Å². The zero-order chi connectivity index (χ0) is 14.8. The molecule has 0 bridgehead atoms. The number of carbonyl (C=O) groups excluding carboxylic acids is 1. The Morgan fingerprint density at radius 2 is 2.00 bits per heavy atom. The molecule has 0 aromatic heterocycles. The van der Waals surface area contributed by atoms with Crippen molar-refractivity contribution < 1.29 is 9.53 Å². The van der Waals surface area contributed by atoms with Gasteiger partial charge in [-0.2, -0.15) is 0 Å². The number of carbonyl (C=O) groups is 1. The number of nitrogens with zero attached hydrogens (tertiary/aromatic N) is 2. The molecule has 116 valence electrons. The van der Waals surface area contributed by atoms with E-state index in [1.54, 1.807) is 0 Å². The van der Waals surface area contributed by atoms with Gasteiger partial charge >= 0.3 is 0 Å². The van der Waals surface area contributed by atoms with E-state index in [4.69, 9.17) is 4.74 Å². The van der Waals surface area contributed by atoms with Crippen LogP contribution in [0.2, 0.25) is 0 Å². The molecular formula is C14H28N4O2. The number of guanidine groups is 1. The molecule has 1 heterocycles. The van der Waals surface area contributed by atoms with Crippen molar-refractivity contribution in [3.05, 3.63) is 0 Å². The minimum absolute atomic E-state index is 0.0114. The highest BCUT2D eigenvalue weighted by atomic mass is 16.5. The molecule has 1 aliphatic heterocycles. The maximum atomic E-state index is 10.8. The molecule has 1 aliphatic rings. The monoisotopic (exact) mass is 284 g/mol. The molecule has 1 rings (SSSR count). The first-order valence-electron chi connectivity index (χ1n) is 7.56. The SMILES string of the molecule is CCNC(=NCCNC(C)=O)N1CCC(OCC)CC1. The van der Waals surface area contributed by atoms with E-state index in [1.165, 1.54) is 6.92 Å². The van der Waals surface area contributed by atoms with Gasteiger partial charge in [0.05, 0.1) is 12.6 Å². The molecule has 6 nitrogen and oxygen atoms in total. The number of nitrogens with one attached hydrogen (secondary N) is 2. The molecule has 2 N–H and O–H groups in total. The third-order valence-electron chi connectivity index (χ3n) is 3.23. The van der Waals surface area contributed by atoms with E-state index in [0.29, 0.717) is 19.2 Å². The molecular weight excluding hydrogens is 256 g/mol. The molecule has 1 fully saturated rings. The zero-order valence-electron chi connectivity index (χ0n) is 12.9. The Morgan fingerprint density at radius 3 is 2.55 bits per heavy atom. The van der Waals surface area contributed by atoms with Crippen LogP contribution in [0, 0.1) is 0 Å². The van der Waals surface area contributed by atoms with Gasteiger partial charge in [-0.1, -0.05) is 0 Å². The number of ether oxygens (including phenoxy) is 1. The Labute approximate surface area is 122 Å². The first-order valence-corrected chi connectivity index (χ1v) is 7.56. The summed E-state index contributed by atoms with van der Waals surface area (Å²) in [6.07, 6.45) is 2.48. The van der Waals surface area contributed by atoms with Crippen molar-refractivity contribution in [2.75, 3.05) is 39.3 Å². The van der Waals surface area contributed by atoms with E-state index in [-0.39, 0.29) is 5.91 Å². The van der Waals surface area contributed by atoms with Crippen LogP contribution in [-0.2, 0) is 9.53 Å². The van der Waals surface area contributed by atoms with Gasteiger partial charge in [0.15, 0.2) is 5.96 Å². The molecule has 0 radical (unpaired) electrons. The number of rotatable bonds is 6. The van der Waals surface area contributed by atoms with Gasteiger partial charge in [0, 0.05) is 39.7 Å². The lowest BCUT2D eigenvalue weighted by atomic mass is 10.1. The lowest BCUT2D eigenvalue weighted by molar-refractivity contribution is -0.118. The number of amides is 1. The van der Waals surface area contributed by atoms with Crippen LogP contribution in [0.25, 0.3) is 0 Å². The number of aliphatic imine (C=N–C) groups is 1. The van der Waals surface area contributed by atoms with E-state index < -0.39 is 0 Å². The third kappa shape index (κ3) is 6.23. The third-order valence-corrected chi connectivity index (χ3v) is 3.23. The molecule has 0 spiro atoms. The normalized spacial score (nSPS) is 17.1. The van der Waals surface area contributed by atoms with Gasteiger partial charge in [-0.05, 0) is 26.7 Å². The van der Waals surface area contributed by atoms with Crippen molar-refractivity contribution >= 4 is 11.9 Å². The average molecular weight is 284 g/mol. The average Bonchev–Trinajstić information content (AvgIpc) is 2.43.